The number of nitrogens with one attached hydrogen (secondary N) is 1. The SMILES string of the molecule is CCSc1nc(N2CCOCC2)cc(C)c1C(=O)NCC(C)(C)C. The molecule has 0 radical (unpaired) electrons. The second-order valence-corrected chi connectivity index (χ2v) is 8.51. The van der Waals surface area contributed by atoms with E-state index in [1.165, 1.54) is 0 Å². The van der Waals surface area contributed by atoms with Gasteiger partial charge >= 0.3 is 0 Å². The monoisotopic (exact) mass is 351 g/mol. The van der Waals surface area contributed by atoms with Crippen molar-refractivity contribution in [1.82, 2.24) is 10.3 Å². The summed E-state index contributed by atoms with van der Waals surface area (Å²) < 4.78 is 5.42. The Labute approximate surface area is 149 Å². The molecule has 0 saturated carbocycles. The molecule has 1 saturated heterocycles. The van der Waals surface area contributed by atoms with Crippen molar-refractivity contribution < 1.29 is 9.53 Å². The van der Waals surface area contributed by atoms with E-state index >= 15 is 0 Å². The van der Waals surface area contributed by atoms with E-state index in [0.717, 1.165) is 48.5 Å². The minimum absolute atomic E-state index is 0.0283. The number of carbonyl (C=O) groups is 1. The second-order valence-electron chi connectivity index (χ2n) is 7.25. The van der Waals surface area contributed by atoms with Crippen LogP contribution in [0.5, 0.6) is 0 Å². The predicted molar refractivity (Wildman–Crippen MR) is 100 cm³/mol. The van der Waals surface area contributed by atoms with Crippen LogP contribution in [0.15, 0.2) is 11.1 Å². The highest BCUT2D eigenvalue weighted by molar-refractivity contribution is 7.99. The normalized spacial score (nSPS) is 15.5. The third-order valence-corrected chi connectivity index (χ3v) is 4.65. The van der Waals surface area contributed by atoms with Crippen LogP contribution < -0.4 is 10.2 Å². The van der Waals surface area contributed by atoms with Gasteiger partial charge < -0.3 is 15.0 Å². The summed E-state index contributed by atoms with van der Waals surface area (Å²) in [6, 6.07) is 2.02. The molecular formula is C18H29N3O2S. The fourth-order valence-corrected chi connectivity index (χ4v) is 3.36. The van der Waals surface area contributed by atoms with E-state index in [0.29, 0.717) is 12.1 Å². The zero-order valence-electron chi connectivity index (χ0n) is 15.4. The van der Waals surface area contributed by atoms with Gasteiger partial charge in [0.1, 0.15) is 10.8 Å². The molecule has 1 N–H and O–H groups in total. The standard InChI is InChI=1S/C18H29N3O2S/c1-6-24-17-15(16(22)19-12-18(3,4)5)13(2)11-14(20-17)21-7-9-23-10-8-21/h11H,6-10,12H2,1-5H3,(H,19,22). The number of aromatic nitrogens is 1. The molecule has 1 aromatic heterocycles. The van der Waals surface area contributed by atoms with Crippen LogP contribution in [-0.4, -0.2) is 49.5 Å². The number of amides is 1. The summed E-state index contributed by atoms with van der Waals surface area (Å²) in [5.41, 5.74) is 1.75. The summed E-state index contributed by atoms with van der Waals surface area (Å²) in [4.78, 5) is 19.7. The number of rotatable bonds is 5. The van der Waals surface area contributed by atoms with E-state index in [-0.39, 0.29) is 11.3 Å². The zero-order chi connectivity index (χ0) is 17.7. The molecule has 24 heavy (non-hydrogen) atoms. The quantitative estimate of drug-likeness (QED) is 0.826. The third-order valence-electron chi connectivity index (χ3n) is 3.79. The van der Waals surface area contributed by atoms with Crippen molar-refractivity contribution in [3.05, 3.63) is 17.2 Å². The first kappa shape index (κ1) is 19.1. The second kappa shape index (κ2) is 8.21. The molecule has 2 heterocycles. The van der Waals surface area contributed by atoms with Crippen molar-refractivity contribution in [2.75, 3.05) is 43.5 Å². The summed E-state index contributed by atoms with van der Waals surface area (Å²) in [7, 11) is 0. The zero-order valence-corrected chi connectivity index (χ0v) is 16.3. The van der Waals surface area contributed by atoms with Crippen LogP contribution in [0, 0.1) is 12.3 Å². The van der Waals surface area contributed by atoms with Gasteiger partial charge in [-0.05, 0) is 29.7 Å². The molecule has 0 bridgehead atoms. The van der Waals surface area contributed by atoms with Gasteiger partial charge in [-0.3, -0.25) is 4.79 Å². The first-order valence-corrected chi connectivity index (χ1v) is 9.55. The van der Waals surface area contributed by atoms with Gasteiger partial charge in [0.05, 0.1) is 18.8 Å². The molecular weight excluding hydrogens is 322 g/mol. The first-order valence-electron chi connectivity index (χ1n) is 8.57. The number of thioether (sulfide) groups is 1. The molecule has 2 rings (SSSR count). The molecule has 5 nitrogen and oxygen atoms in total. The van der Waals surface area contributed by atoms with Gasteiger partial charge in [-0.1, -0.05) is 27.7 Å². The van der Waals surface area contributed by atoms with Crippen molar-refractivity contribution in [1.29, 1.82) is 0 Å². The summed E-state index contributed by atoms with van der Waals surface area (Å²) in [5.74, 6) is 1.80. The summed E-state index contributed by atoms with van der Waals surface area (Å²) in [5, 5.41) is 3.88. The van der Waals surface area contributed by atoms with Crippen molar-refractivity contribution in [2.24, 2.45) is 5.41 Å². The lowest BCUT2D eigenvalue weighted by Gasteiger charge is -2.29. The van der Waals surface area contributed by atoms with Crippen LogP contribution in [0.25, 0.3) is 0 Å². The number of anilines is 1. The molecule has 0 aliphatic carbocycles. The van der Waals surface area contributed by atoms with Crippen molar-refractivity contribution in [2.45, 2.75) is 39.6 Å². The molecule has 6 heteroatoms. The Morgan fingerprint density at radius 1 is 1.38 bits per heavy atom. The number of aryl methyl sites for hydroxylation is 1. The number of carbonyl (C=O) groups excluding carboxylic acids is 1. The van der Waals surface area contributed by atoms with Crippen molar-refractivity contribution >= 4 is 23.5 Å². The molecule has 0 atom stereocenters. The van der Waals surface area contributed by atoms with E-state index < -0.39 is 0 Å². The summed E-state index contributed by atoms with van der Waals surface area (Å²) >= 11 is 1.63. The Hall–Kier alpha value is -1.27. The van der Waals surface area contributed by atoms with Gasteiger partial charge in [-0.2, -0.15) is 0 Å². The molecule has 1 aliphatic heterocycles. The molecule has 1 fully saturated rings. The van der Waals surface area contributed by atoms with Crippen LogP contribution in [0.1, 0.15) is 43.6 Å². The molecule has 1 aliphatic rings. The molecule has 0 unspecified atom stereocenters. The number of ether oxygens (including phenoxy) is 1. The number of nitrogens with zero attached hydrogens (tertiary/aromatic N) is 2. The Morgan fingerprint density at radius 2 is 2.04 bits per heavy atom. The number of pyridine rings is 1. The van der Waals surface area contributed by atoms with Gasteiger partial charge in [0.15, 0.2) is 0 Å². The van der Waals surface area contributed by atoms with Gasteiger partial charge in [-0.25, -0.2) is 4.98 Å². The Bertz CT molecular complexity index is 578. The van der Waals surface area contributed by atoms with Crippen LogP contribution in [-0.2, 0) is 4.74 Å². The number of hydrogen-bond acceptors (Lipinski definition) is 5. The average molecular weight is 352 g/mol. The minimum atomic E-state index is -0.0283. The highest BCUT2D eigenvalue weighted by Gasteiger charge is 2.22. The maximum Gasteiger partial charge on any atom is 0.254 e. The fourth-order valence-electron chi connectivity index (χ4n) is 2.53. The lowest BCUT2D eigenvalue weighted by atomic mass is 9.97. The predicted octanol–water partition coefficient (Wildman–Crippen LogP) is 3.11. The maximum atomic E-state index is 12.7. The van der Waals surface area contributed by atoms with E-state index in [1.54, 1.807) is 11.8 Å². The third kappa shape index (κ3) is 5.11. The van der Waals surface area contributed by atoms with Crippen LogP contribution >= 0.6 is 11.8 Å². The van der Waals surface area contributed by atoms with E-state index in [4.69, 9.17) is 9.72 Å². The molecule has 0 aromatic carbocycles. The van der Waals surface area contributed by atoms with E-state index in [2.05, 4.69) is 37.9 Å². The van der Waals surface area contributed by atoms with Gasteiger partial charge in [-0.15, -0.1) is 11.8 Å². The highest BCUT2D eigenvalue weighted by Crippen LogP contribution is 2.28. The lowest BCUT2D eigenvalue weighted by molar-refractivity contribution is 0.0935. The van der Waals surface area contributed by atoms with Gasteiger partial charge in [0, 0.05) is 19.6 Å². The molecule has 1 aromatic rings. The highest BCUT2D eigenvalue weighted by atomic mass is 32.2. The minimum Gasteiger partial charge on any atom is -0.378 e. The van der Waals surface area contributed by atoms with E-state index in [1.807, 2.05) is 13.0 Å². The summed E-state index contributed by atoms with van der Waals surface area (Å²) in [6.07, 6.45) is 0. The van der Waals surface area contributed by atoms with Crippen molar-refractivity contribution in [3.8, 4) is 0 Å². The van der Waals surface area contributed by atoms with Crippen LogP contribution in [0.3, 0.4) is 0 Å². The van der Waals surface area contributed by atoms with Crippen LogP contribution in [0.4, 0.5) is 5.82 Å². The average Bonchev–Trinajstić information content (AvgIpc) is 2.53. The van der Waals surface area contributed by atoms with Gasteiger partial charge in [0.2, 0.25) is 0 Å². The number of hydrogen-bond donors (Lipinski definition) is 1. The fraction of sp³-hybridized carbons (Fsp3) is 0.667. The molecule has 134 valence electrons. The molecule has 0 spiro atoms. The lowest BCUT2D eigenvalue weighted by Crippen LogP contribution is -2.37. The van der Waals surface area contributed by atoms with E-state index in [9.17, 15) is 4.79 Å². The Morgan fingerprint density at radius 3 is 2.62 bits per heavy atom. The number of morpholine rings is 1. The van der Waals surface area contributed by atoms with Crippen LogP contribution in [0.2, 0.25) is 0 Å². The smallest absolute Gasteiger partial charge is 0.254 e. The van der Waals surface area contributed by atoms with Gasteiger partial charge in [0.25, 0.3) is 5.91 Å². The van der Waals surface area contributed by atoms with Crippen molar-refractivity contribution in [3.63, 3.8) is 0 Å². The first-order chi connectivity index (χ1) is 11.3. The topological polar surface area (TPSA) is 54.5 Å². The molecule has 1 amide bonds. The Balaban J connectivity index is 2.27. The summed E-state index contributed by atoms with van der Waals surface area (Å²) in [6.45, 7) is 14.2. The largest absolute Gasteiger partial charge is 0.378 e. The maximum absolute atomic E-state index is 12.7. The Kier molecular flexibility index (Phi) is 6.52.